The molecule has 6 rings (SSSR count). The van der Waals surface area contributed by atoms with Gasteiger partial charge in [0, 0.05) is 21.8 Å². The van der Waals surface area contributed by atoms with Gasteiger partial charge >= 0.3 is 0 Å². The minimum atomic E-state index is -0.155. The standard InChI is InChI=1S/C38H36BrClN2O3S/c1-38(2,3)26-12-17-30-33(20-26)46-37(34(30)36(43)42-28-15-13-27(40)14-16-28)41-21-23-18-31(39)35(32(19-23)44-4)45-22-25-10-7-9-24-8-5-6-11-29(24)25/h5-11,13-16,18-19,21,26H,12,17,20,22H2,1-4H3,(H,42,43)/t26-/m0/s1. The highest BCUT2D eigenvalue weighted by atomic mass is 79.9. The summed E-state index contributed by atoms with van der Waals surface area (Å²) in [5.41, 5.74) is 4.57. The van der Waals surface area contributed by atoms with E-state index in [1.807, 2.05) is 42.5 Å². The number of carbonyl (C=O) groups excluding carboxylic acids is 1. The number of rotatable bonds is 8. The van der Waals surface area contributed by atoms with Gasteiger partial charge in [-0.2, -0.15) is 0 Å². The van der Waals surface area contributed by atoms with Crippen molar-refractivity contribution in [3.05, 3.63) is 115 Å². The molecule has 0 saturated heterocycles. The average molecular weight is 716 g/mol. The van der Waals surface area contributed by atoms with E-state index >= 15 is 0 Å². The molecule has 1 heterocycles. The number of fused-ring (bicyclic) bond motifs is 2. The third-order valence-corrected chi connectivity index (χ3v) is 10.6. The van der Waals surface area contributed by atoms with Crippen LogP contribution in [0.4, 0.5) is 10.7 Å². The number of nitrogens with one attached hydrogen (secondary N) is 1. The molecule has 0 fully saturated rings. The van der Waals surface area contributed by atoms with E-state index in [0.29, 0.717) is 45.3 Å². The van der Waals surface area contributed by atoms with E-state index in [4.69, 9.17) is 26.1 Å². The summed E-state index contributed by atoms with van der Waals surface area (Å²) in [5.74, 6) is 1.60. The van der Waals surface area contributed by atoms with Crippen LogP contribution < -0.4 is 14.8 Å². The van der Waals surface area contributed by atoms with Crippen molar-refractivity contribution in [2.24, 2.45) is 16.3 Å². The molecule has 1 atom stereocenters. The number of halogens is 2. The van der Waals surface area contributed by atoms with Crippen LogP contribution in [0.1, 0.15) is 59.1 Å². The molecule has 0 bridgehead atoms. The van der Waals surface area contributed by atoms with Gasteiger partial charge in [0.05, 0.1) is 17.1 Å². The van der Waals surface area contributed by atoms with Crippen LogP contribution in [0.5, 0.6) is 11.5 Å². The van der Waals surface area contributed by atoms with Crippen LogP contribution in [0, 0.1) is 11.3 Å². The highest BCUT2D eigenvalue weighted by Gasteiger charge is 2.33. The molecule has 5 aromatic rings. The van der Waals surface area contributed by atoms with Crippen LogP contribution in [-0.2, 0) is 19.4 Å². The fourth-order valence-electron chi connectivity index (χ4n) is 6.02. The van der Waals surface area contributed by atoms with Crippen LogP contribution in [0.25, 0.3) is 10.8 Å². The monoisotopic (exact) mass is 714 g/mol. The molecule has 236 valence electrons. The Morgan fingerprint density at radius 2 is 1.85 bits per heavy atom. The zero-order valence-electron chi connectivity index (χ0n) is 26.3. The van der Waals surface area contributed by atoms with E-state index in [2.05, 4.69) is 66.3 Å². The summed E-state index contributed by atoms with van der Waals surface area (Å²) in [6, 6.07) is 25.5. The largest absolute Gasteiger partial charge is 0.493 e. The lowest BCUT2D eigenvalue weighted by Crippen LogP contribution is -2.27. The van der Waals surface area contributed by atoms with E-state index in [1.165, 1.54) is 10.3 Å². The molecule has 0 spiro atoms. The molecule has 0 unspecified atom stereocenters. The van der Waals surface area contributed by atoms with Gasteiger partial charge in [-0.15, -0.1) is 11.3 Å². The molecular formula is C38H36BrClN2O3S. The Bertz CT molecular complexity index is 1920. The van der Waals surface area contributed by atoms with Crippen molar-refractivity contribution in [3.63, 3.8) is 0 Å². The molecule has 1 aliphatic rings. The topological polar surface area (TPSA) is 59.9 Å². The average Bonchev–Trinajstić information content (AvgIpc) is 3.41. The smallest absolute Gasteiger partial charge is 0.259 e. The minimum absolute atomic E-state index is 0.155. The molecular weight excluding hydrogens is 680 g/mol. The number of aliphatic imine (C=N–C) groups is 1. The molecule has 1 N–H and O–H groups in total. The number of ether oxygens (including phenoxy) is 2. The predicted octanol–water partition coefficient (Wildman–Crippen LogP) is 11.1. The van der Waals surface area contributed by atoms with Crippen molar-refractivity contribution in [3.8, 4) is 11.5 Å². The maximum Gasteiger partial charge on any atom is 0.259 e. The summed E-state index contributed by atoms with van der Waals surface area (Å²) in [6.07, 6.45) is 4.64. The number of benzene rings is 4. The lowest BCUT2D eigenvalue weighted by atomic mass is 9.72. The Morgan fingerprint density at radius 3 is 2.61 bits per heavy atom. The van der Waals surface area contributed by atoms with Crippen molar-refractivity contribution in [1.82, 2.24) is 0 Å². The summed E-state index contributed by atoms with van der Waals surface area (Å²) < 4.78 is 12.8. The first-order valence-electron chi connectivity index (χ1n) is 15.3. The predicted molar refractivity (Wildman–Crippen MR) is 195 cm³/mol. The first kappa shape index (κ1) is 32.3. The summed E-state index contributed by atoms with van der Waals surface area (Å²) in [6.45, 7) is 7.28. The number of hydrogen-bond acceptors (Lipinski definition) is 5. The van der Waals surface area contributed by atoms with Crippen LogP contribution in [0.3, 0.4) is 0 Å². The lowest BCUT2D eigenvalue weighted by Gasteiger charge is -2.33. The number of methoxy groups -OCH3 is 1. The van der Waals surface area contributed by atoms with Crippen LogP contribution in [0.2, 0.25) is 5.02 Å². The van der Waals surface area contributed by atoms with Gasteiger partial charge in [-0.25, -0.2) is 4.99 Å². The molecule has 5 nitrogen and oxygen atoms in total. The van der Waals surface area contributed by atoms with E-state index in [-0.39, 0.29) is 11.3 Å². The second-order valence-corrected chi connectivity index (χ2v) is 15.0. The highest BCUT2D eigenvalue weighted by molar-refractivity contribution is 9.10. The summed E-state index contributed by atoms with van der Waals surface area (Å²) >= 11 is 11.4. The van der Waals surface area contributed by atoms with Gasteiger partial charge in [0.15, 0.2) is 11.5 Å². The van der Waals surface area contributed by atoms with Crippen molar-refractivity contribution in [2.75, 3.05) is 12.4 Å². The number of hydrogen-bond donors (Lipinski definition) is 1. The van der Waals surface area contributed by atoms with Gasteiger partial charge in [0.2, 0.25) is 0 Å². The third kappa shape index (κ3) is 7.02. The third-order valence-electron chi connectivity index (χ3n) is 8.64. The zero-order valence-corrected chi connectivity index (χ0v) is 29.5. The second-order valence-electron chi connectivity index (χ2n) is 12.7. The molecule has 4 aromatic carbocycles. The number of anilines is 1. The molecule has 0 radical (unpaired) electrons. The molecule has 8 heteroatoms. The van der Waals surface area contributed by atoms with Crippen LogP contribution in [0.15, 0.2) is 88.3 Å². The van der Waals surface area contributed by atoms with Gasteiger partial charge in [0.1, 0.15) is 11.6 Å². The van der Waals surface area contributed by atoms with Gasteiger partial charge in [-0.05, 0) is 110 Å². The van der Waals surface area contributed by atoms with Gasteiger partial charge in [0.25, 0.3) is 5.91 Å². The molecule has 1 aliphatic carbocycles. The SMILES string of the molecule is COc1cc(C=Nc2sc3c(c2C(=O)Nc2ccc(Cl)cc2)CC[C@H](C(C)(C)C)C3)cc(Br)c1OCc1cccc2ccccc12. The summed E-state index contributed by atoms with van der Waals surface area (Å²) in [5, 5.41) is 6.73. The maximum atomic E-state index is 13.8. The van der Waals surface area contributed by atoms with Gasteiger partial charge < -0.3 is 14.8 Å². The van der Waals surface area contributed by atoms with Gasteiger partial charge in [-0.3, -0.25) is 4.79 Å². The fraction of sp³-hybridized carbons (Fsp3) is 0.263. The first-order chi connectivity index (χ1) is 22.1. The summed E-state index contributed by atoms with van der Waals surface area (Å²) in [4.78, 5) is 19.9. The Morgan fingerprint density at radius 1 is 1.09 bits per heavy atom. The highest BCUT2D eigenvalue weighted by Crippen LogP contribution is 2.46. The Kier molecular flexibility index (Phi) is 9.55. The molecule has 1 aromatic heterocycles. The Hall–Kier alpha value is -3.65. The number of nitrogens with zero attached hydrogens (tertiary/aromatic N) is 1. The number of carbonyl (C=O) groups is 1. The zero-order chi connectivity index (χ0) is 32.4. The van der Waals surface area contributed by atoms with Crippen molar-refractivity contribution >= 4 is 72.5 Å². The Labute approximate surface area is 287 Å². The molecule has 0 saturated carbocycles. The Balaban J connectivity index is 1.29. The minimum Gasteiger partial charge on any atom is -0.493 e. The van der Waals surface area contributed by atoms with E-state index in [9.17, 15) is 4.79 Å². The lowest BCUT2D eigenvalue weighted by molar-refractivity contribution is 0.102. The fourth-order valence-corrected chi connectivity index (χ4v) is 7.99. The molecule has 46 heavy (non-hydrogen) atoms. The number of thiophene rings is 1. The number of amides is 1. The normalized spacial score (nSPS) is 14.8. The van der Waals surface area contributed by atoms with Crippen LogP contribution >= 0.6 is 38.9 Å². The quantitative estimate of drug-likeness (QED) is 0.163. The van der Waals surface area contributed by atoms with Gasteiger partial charge in [-0.1, -0.05) is 74.8 Å². The second kappa shape index (κ2) is 13.6. The van der Waals surface area contributed by atoms with E-state index < -0.39 is 0 Å². The van der Waals surface area contributed by atoms with E-state index in [0.717, 1.165) is 45.8 Å². The van der Waals surface area contributed by atoms with Crippen molar-refractivity contribution < 1.29 is 14.3 Å². The molecule has 0 aliphatic heterocycles. The van der Waals surface area contributed by atoms with Crippen LogP contribution in [-0.4, -0.2) is 19.2 Å². The summed E-state index contributed by atoms with van der Waals surface area (Å²) in [7, 11) is 1.63. The van der Waals surface area contributed by atoms with Crippen molar-refractivity contribution in [1.29, 1.82) is 0 Å². The van der Waals surface area contributed by atoms with Crippen molar-refractivity contribution in [2.45, 2.75) is 46.6 Å². The van der Waals surface area contributed by atoms with E-state index in [1.54, 1.807) is 36.8 Å². The first-order valence-corrected chi connectivity index (χ1v) is 17.3. The molecule has 1 amide bonds. The maximum absolute atomic E-state index is 13.8.